The summed E-state index contributed by atoms with van der Waals surface area (Å²) in [6.07, 6.45) is 10.3. The molecule has 0 aromatic carbocycles. The fourth-order valence-electron chi connectivity index (χ4n) is 2.57. The molecule has 0 amide bonds. The van der Waals surface area contributed by atoms with Gasteiger partial charge in [0, 0.05) is 19.1 Å². The number of allylic oxidation sites excluding steroid dienone is 2. The van der Waals surface area contributed by atoms with Crippen LogP contribution in [0, 0.1) is 5.92 Å². The van der Waals surface area contributed by atoms with Gasteiger partial charge in [-0.05, 0) is 43.5 Å². The maximum atomic E-state index is 11.8. The van der Waals surface area contributed by atoms with E-state index in [1.807, 2.05) is 19.1 Å². The highest BCUT2D eigenvalue weighted by molar-refractivity contribution is 6.74. The van der Waals surface area contributed by atoms with E-state index in [4.69, 9.17) is 13.9 Å². The van der Waals surface area contributed by atoms with Crippen molar-refractivity contribution < 1.29 is 18.7 Å². The van der Waals surface area contributed by atoms with Crippen LogP contribution < -0.4 is 0 Å². The van der Waals surface area contributed by atoms with Gasteiger partial charge in [-0.2, -0.15) is 0 Å². The normalized spacial score (nSPS) is 16.3. The second-order valence-electron chi connectivity index (χ2n) is 9.03. The predicted molar refractivity (Wildman–Crippen MR) is 126 cm³/mol. The van der Waals surface area contributed by atoms with E-state index in [1.54, 1.807) is 13.2 Å². The van der Waals surface area contributed by atoms with E-state index in [0.717, 1.165) is 18.4 Å². The number of hydrogen-bond donors (Lipinski definition) is 0. The largest absolute Gasteiger partial charge is 0.458 e. The molecular formula is C24H42O4Si. The van der Waals surface area contributed by atoms with Gasteiger partial charge in [0.1, 0.15) is 12.7 Å². The third kappa shape index (κ3) is 10.2. The first-order valence-corrected chi connectivity index (χ1v) is 13.2. The molecule has 0 aliphatic rings. The lowest BCUT2D eigenvalue weighted by molar-refractivity contribution is -0.136. The Hall–Kier alpha value is -1.43. The predicted octanol–water partition coefficient (Wildman–Crippen LogP) is 6.23. The standard InChI is InChI=1S/C24H42O4Si/c1-11-13-14-15-16-22(25)27-18-19(3)17-20(4)23(21(12-2)26-8)28-29(9,10)24(5,6)7/h11-12,15-17,20-21,23H,1-2,13-14,18H2,3-10H3/t20-,21+,23+/m1/s1. The summed E-state index contributed by atoms with van der Waals surface area (Å²) in [4.78, 5) is 11.8. The Kier molecular flexibility index (Phi) is 12.3. The minimum atomic E-state index is -1.99. The fourth-order valence-corrected chi connectivity index (χ4v) is 3.96. The summed E-state index contributed by atoms with van der Waals surface area (Å²) in [5, 5.41) is 0.0939. The van der Waals surface area contributed by atoms with Gasteiger partial charge < -0.3 is 13.9 Å². The molecule has 0 N–H and O–H groups in total. The number of hydrogen-bond acceptors (Lipinski definition) is 4. The number of methoxy groups -OCH3 is 1. The SMILES string of the molecule is C=CCCC=CC(=O)OCC(C)=C[C@@H](C)[C@H](O[Si](C)(C)C(C)(C)C)[C@H](C=C)OC. The monoisotopic (exact) mass is 422 g/mol. The van der Waals surface area contributed by atoms with Crippen molar-refractivity contribution in [3.8, 4) is 0 Å². The second-order valence-corrected chi connectivity index (χ2v) is 13.8. The lowest BCUT2D eigenvalue weighted by Crippen LogP contribution is -2.49. The van der Waals surface area contributed by atoms with Gasteiger partial charge in [0.25, 0.3) is 0 Å². The second kappa shape index (κ2) is 13.0. The summed E-state index contributed by atoms with van der Waals surface area (Å²) in [6, 6.07) is 0. The van der Waals surface area contributed by atoms with Crippen molar-refractivity contribution in [2.45, 2.75) is 77.8 Å². The van der Waals surface area contributed by atoms with Gasteiger partial charge in [-0.3, -0.25) is 0 Å². The third-order valence-corrected chi connectivity index (χ3v) is 9.84. The van der Waals surface area contributed by atoms with Gasteiger partial charge in [0.15, 0.2) is 8.32 Å². The Morgan fingerprint density at radius 2 is 1.79 bits per heavy atom. The molecule has 0 fully saturated rings. The molecule has 0 saturated carbocycles. The van der Waals surface area contributed by atoms with Crippen LogP contribution in [0.25, 0.3) is 0 Å². The van der Waals surface area contributed by atoms with E-state index >= 15 is 0 Å². The van der Waals surface area contributed by atoms with Crippen LogP contribution in [0.2, 0.25) is 18.1 Å². The molecule has 0 aromatic heterocycles. The van der Waals surface area contributed by atoms with Gasteiger partial charge in [-0.15, -0.1) is 13.2 Å². The maximum Gasteiger partial charge on any atom is 0.330 e. The van der Waals surface area contributed by atoms with Crippen LogP contribution >= 0.6 is 0 Å². The minimum Gasteiger partial charge on any atom is -0.458 e. The molecule has 0 aromatic rings. The van der Waals surface area contributed by atoms with Crippen LogP contribution in [-0.4, -0.2) is 40.2 Å². The lowest BCUT2D eigenvalue weighted by Gasteiger charge is -2.42. The van der Waals surface area contributed by atoms with Crippen LogP contribution in [0.3, 0.4) is 0 Å². The van der Waals surface area contributed by atoms with Crippen LogP contribution in [0.1, 0.15) is 47.5 Å². The molecule has 0 radical (unpaired) electrons. The molecule has 29 heavy (non-hydrogen) atoms. The third-order valence-electron chi connectivity index (χ3n) is 5.36. The highest BCUT2D eigenvalue weighted by Gasteiger charge is 2.41. The Morgan fingerprint density at radius 1 is 1.17 bits per heavy atom. The Morgan fingerprint density at radius 3 is 2.28 bits per heavy atom. The van der Waals surface area contributed by atoms with Gasteiger partial charge in [-0.25, -0.2) is 4.79 Å². The quantitative estimate of drug-likeness (QED) is 0.116. The molecule has 0 spiro atoms. The average Bonchev–Trinajstić information content (AvgIpc) is 2.62. The van der Waals surface area contributed by atoms with Gasteiger partial charge in [-0.1, -0.05) is 52.0 Å². The first-order chi connectivity index (χ1) is 13.4. The highest BCUT2D eigenvalue weighted by Crippen LogP contribution is 2.39. The van der Waals surface area contributed by atoms with Crippen LogP contribution in [0.15, 0.2) is 49.1 Å². The summed E-state index contributed by atoms with van der Waals surface area (Å²) in [7, 11) is -0.315. The Bertz CT molecular complexity index is 584. The number of esters is 1. The zero-order valence-corrected chi connectivity index (χ0v) is 20.8. The Labute approximate surface area is 179 Å². The number of ether oxygens (including phenoxy) is 2. The molecule has 0 saturated heterocycles. The number of unbranched alkanes of at least 4 members (excludes halogenated alkanes) is 1. The molecule has 166 valence electrons. The smallest absolute Gasteiger partial charge is 0.330 e. The van der Waals surface area contributed by atoms with E-state index in [9.17, 15) is 4.79 Å². The van der Waals surface area contributed by atoms with Crippen molar-refractivity contribution in [3.63, 3.8) is 0 Å². The molecule has 3 atom stereocenters. The van der Waals surface area contributed by atoms with Crippen molar-refractivity contribution in [2.75, 3.05) is 13.7 Å². The summed E-state index contributed by atoms with van der Waals surface area (Å²) < 4.78 is 17.6. The minimum absolute atomic E-state index is 0.0777. The van der Waals surface area contributed by atoms with Crippen molar-refractivity contribution in [3.05, 3.63) is 49.1 Å². The Balaban J connectivity index is 5.16. The summed E-state index contributed by atoms with van der Waals surface area (Å²) in [5.74, 6) is -0.252. The maximum absolute atomic E-state index is 11.8. The average molecular weight is 423 g/mol. The van der Waals surface area contributed by atoms with E-state index in [1.165, 1.54) is 6.08 Å². The molecule has 0 bridgehead atoms. The molecule has 0 unspecified atom stereocenters. The van der Waals surface area contributed by atoms with Crippen molar-refractivity contribution in [1.29, 1.82) is 0 Å². The van der Waals surface area contributed by atoms with Gasteiger partial charge in [0.2, 0.25) is 0 Å². The summed E-state index contributed by atoms with van der Waals surface area (Å²) in [6.45, 7) is 23.0. The van der Waals surface area contributed by atoms with Crippen molar-refractivity contribution in [1.82, 2.24) is 0 Å². The molecule has 0 aliphatic heterocycles. The van der Waals surface area contributed by atoms with E-state index in [-0.39, 0.29) is 35.7 Å². The lowest BCUT2D eigenvalue weighted by atomic mass is 9.97. The van der Waals surface area contributed by atoms with Crippen LogP contribution in [0.5, 0.6) is 0 Å². The topological polar surface area (TPSA) is 44.8 Å². The zero-order valence-electron chi connectivity index (χ0n) is 19.8. The number of rotatable bonds is 13. The van der Waals surface area contributed by atoms with Crippen molar-refractivity contribution >= 4 is 14.3 Å². The first-order valence-electron chi connectivity index (χ1n) is 10.3. The molecule has 0 rings (SSSR count). The van der Waals surface area contributed by atoms with Gasteiger partial charge in [0.05, 0.1) is 6.10 Å². The van der Waals surface area contributed by atoms with E-state index in [0.29, 0.717) is 0 Å². The molecular weight excluding hydrogens is 380 g/mol. The molecule has 0 heterocycles. The summed E-state index contributed by atoms with van der Waals surface area (Å²) >= 11 is 0. The zero-order chi connectivity index (χ0) is 22.7. The van der Waals surface area contributed by atoms with E-state index < -0.39 is 8.32 Å². The molecule has 5 heteroatoms. The van der Waals surface area contributed by atoms with Crippen LogP contribution in [0.4, 0.5) is 0 Å². The van der Waals surface area contributed by atoms with E-state index in [2.05, 4.69) is 60.0 Å². The molecule has 4 nitrogen and oxygen atoms in total. The highest BCUT2D eigenvalue weighted by atomic mass is 28.4. The van der Waals surface area contributed by atoms with Gasteiger partial charge >= 0.3 is 5.97 Å². The fraction of sp³-hybridized carbons (Fsp3) is 0.625. The molecule has 0 aliphatic carbocycles. The summed E-state index contributed by atoms with van der Waals surface area (Å²) in [5.41, 5.74) is 0.980. The number of carbonyl (C=O) groups excluding carboxylic acids is 1. The number of carbonyl (C=O) groups is 1. The van der Waals surface area contributed by atoms with Crippen molar-refractivity contribution in [2.24, 2.45) is 5.92 Å². The van der Waals surface area contributed by atoms with Crippen LogP contribution in [-0.2, 0) is 18.7 Å². The first kappa shape index (κ1) is 27.6.